The summed E-state index contributed by atoms with van der Waals surface area (Å²) >= 11 is 0. The van der Waals surface area contributed by atoms with Crippen molar-refractivity contribution in [3.8, 4) is 0 Å². The number of hydrogen-bond acceptors (Lipinski definition) is 3. The van der Waals surface area contributed by atoms with Crippen LogP contribution in [0, 0.1) is 5.41 Å². The van der Waals surface area contributed by atoms with Crippen molar-refractivity contribution in [2.24, 2.45) is 11.1 Å². The summed E-state index contributed by atoms with van der Waals surface area (Å²) in [6.07, 6.45) is 7.33. The average molecular weight is 233 g/mol. The first kappa shape index (κ1) is 12.5. The van der Waals surface area contributed by atoms with Gasteiger partial charge >= 0.3 is 0 Å². The maximum absolute atomic E-state index is 5.59. The molecule has 0 spiro atoms. The molecule has 2 rings (SSSR count). The molecule has 0 aromatic carbocycles. The minimum atomic E-state index is 0.521. The summed E-state index contributed by atoms with van der Waals surface area (Å²) in [4.78, 5) is 4.21. The third-order valence-corrected chi connectivity index (χ3v) is 4.08. The van der Waals surface area contributed by atoms with Gasteiger partial charge in [-0.25, -0.2) is 0 Å². The predicted molar refractivity (Wildman–Crippen MR) is 70.4 cm³/mol. The van der Waals surface area contributed by atoms with Crippen molar-refractivity contribution in [1.29, 1.82) is 0 Å². The SMILES string of the molecule is CCC1(CNCc2ccnc(CN)c2)CCC1. The van der Waals surface area contributed by atoms with E-state index in [4.69, 9.17) is 5.73 Å². The van der Waals surface area contributed by atoms with E-state index >= 15 is 0 Å². The Morgan fingerprint density at radius 2 is 2.29 bits per heavy atom. The van der Waals surface area contributed by atoms with Crippen molar-refractivity contribution in [1.82, 2.24) is 10.3 Å². The molecule has 3 heteroatoms. The summed E-state index contributed by atoms with van der Waals surface area (Å²) in [5.41, 5.74) is 8.43. The molecule has 0 unspecified atom stereocenters. The van der Waals surface area contributed by atoms with Gasteiger partial charge in [0.15, 0.2) is 0 Å². The van der Waals surface area contributed by atoms with Gasteiger partial charge < -0.3 is 11.1 Å². The van der Waals surface area contributed by atoms with Gasteiger partial charge in [-0.05, 0) is 42.4 Å². The standard InChI is InChI=1S/C14H23N3/c1-2-14(5-3-6-14)11-16-10-12-4-7-17-13(8-12)9-15/h4,7-8,16H,2-3,5-6,9-11,15H2,1H3. The van der Waals surface area contributed by atoms with Crippen LogP contribution in [0.5, 0.6) is 0 Å². The molecule has 1 aromatic heterocycles. The molecule has 1 aliphatic rings. The highest BCUT2D eigenvalue weighted by Gasteiger charge is 2.34. The van der Waals surface area contributed by atoms with Gasteiger partial charge in [-0.15, -0.1) is 0 Å². The van der Waals surface area contributed by atoms with Crippen LogP contribution in [0.3, 0.4) is 0 Å². The van der Waals surface area contributed by atoms with Gasteiger partial charge in [-0.3, -0.25) is 4.98 Å². The highest BCUT2D eigenvalue weighted by Crippen LogP contribution is 2.43. The van der Waals surface area contributed by atoms with E-state index in [9.17, 15) is 0 Å². The normalized spacial score (nSPS) is 17.8. The molecular weight excluding hydrogens is 210 g/mol. The molecule has 0 aliphatic heterocycles. The zero-order chi connectivity index (χ0) is 12.1. The Balaban J connectivity index is 1.81. The molecule has 1 aromatic rings. The molecule has 1 heterocycles. The monoisotopic (exact) mass is 233 g/mol. The van der Waals surface area contributed by atoms with E-state index < -0.39 is 0 Å². The average Bonchev–Trinajstić information content (AvgIpc) is 2.33. The first-order valence-corrected chi connectivity index (χ1v) is 6.62. The molecule has 3 nitrogen and oxygen atoms in total. The number of pyridine rings is 1. The summed E-state index contributed by atoms with van der Waals surface area (Å²) in [5, 5.41) is 3.58. The molecule has 0 saturated heterocycles. The molecule has 3 N–H and O–H groups in total. The molecule has 1 saturated carbocycles. The number of nitrogens with two attached hydrogens (primary N) is 1. The van der Waals surface area contributed by atoms with Gasteiger partial charge in [0.2, 0.25) is 0 Å². The number of aromatic nitrogens is 1. The Bertz CT molecular complexity index is 353. The number of rotatable bonds is 6. The summed E-state index contributed by atoms with van der Waals surface area (Å²) in [6.45, 7) is 4.90. The van der Waals surface area contributed by atoms with Gasteiger partial charge in [-0.1, -0.05) is 13.3 Å². The van der Waals surface area contributed by atoms with Crippen LogP contribution in [-0.2, 0) is 13.1 Å². The second kappa shape index (κ2) is 5.61. The lowest BCUT2D eigenvalue weighted by Gasteiger charge is -2.41. The van der Waals surface area contributed by atoms with E-state index in [0.29, 0.717) is 12.0 Å². The summed E-state index contributed by atoms with van der Waals surface area (Å²) < 4.78 is 0. The van der Waals surface area contributed by atoms with Gasteiger partial charge in [0.05, 0.1) is 5.69 Å². The molecule has 17 heavy (non-hydrogen) atoms. The minimum Gasteiger partial charge on any atom is -0.325 e. The maximum Gasteiger partial charge on any atom is 0.0542 e. The quantitative estimate of drug-likeness (QED) is 0.792. The second-order valence-electron chi connectivity index (χ2n) is 5.17. The molecule has 0 radical (unpaired) electrons. The van der Waals surface area contributed by atoms with Crippen LogP contribution in [0.15, 0.2) is 18.3 Å². The zero-order valence-corrected chi connectivity index (χ0v) is 10.7. The fourth-order valence-corrected chi connectivity index (χ4v) is 2.55. The Kier molecular flexibility index (Phi) is 4.13. The highest BCUT2D eigenvalue weighted by molar-refractivity contribution is 5.16. The Labute approximate surface area is 104 Å². The lowest BCUT2D eigenvalue weighted by molar-refractivity contribution is 0.124. The van der Waals surface area contributed by atoms with E-state index in [0.717, 1.165) is 18.8 Å². The topological polar surface area (TPSA) is 50.9 Å². The molecule has 0 bridgehead atoms. The van der Waals surface area contributed by atoms with E-state index in [-0.39, 0.29) is 0 Å². The number of hydrogen-bond donors (Lipinski definition) is 2. The summed E-state index contributed by atoms with van der Waals surface area (Å²) in [5.74, 6) is 0. The Morgan fingerprint density at radius 1 is 1.47 bits per heavy atom. The third-order valence-electron chi connectivity index (χ3n) is 4.08. The molecule has 1 fully saturated rings. The van der Waals surface area contributed by atoms with E-state index in [1.807, 2.05) is 6.20 Å². The predicted octanol–water partition coefficient (Wildman–Crippen LogP) is 2.21. The summed E-state index contributed by atoms with van der Waals surface area (Å²) in [6, 6.07) is 4.15. The first-order valence-electron chi connectivity index (χ1n) is 6.62. The first-order chi connectivity index (χ1) is 8.28. The Hall–Kier alpha value is -0.930. The lowest BCUT2D eigenvalue weighted by atomic mass is 9.67. The molecule has 0 atom stereocenters. The van der Waals surface area contributed by atoms with E-state index in [1.165, 1.54) is 31.2 Å². The fraction of sp³-hybridized carbons (Fsp3) is 0.643. The number of nitrogens with one attached hydrogen (secondary N) is 1. The van der Waals surface area contributed by atoms with Crippen molar-refractivity contribution in [3.63, 3.8) is 0 Å². The lowest BCUT2D eigenvalue weighted by Crippen LogP contribution is -2.39. The van der Waals surface area contributed by atoms with Gasteiger partial charge in [0.25, 0.3) is 0 Å². The molecule has 1 aliphatic carbocycles. The number of nitrogens with zero attached hydrogens (tertiary/aromatic N) is 1. The van der Waals surface area contributed by atoms with E-state index in [2.05, 4.69) is 29.4 Å². The maximum atomic E-state index is 5.59. The van der Waals surface area contributed by atoms with Crippen LogP contribution >= 0.6 is 0 Å². The van der Waals surface area contributed by atoms with Gasteiger partial charge in [-0.2, -0.15) is 0 Å². The van der Waals surface area contributed by atoms with Crippen LogP contribution in [0.1, 0.15) is 43.9 Å². The van der Waals surface area contributed by atoms with Gasteiger partial charge in [0, 0.05) is 25.8 Å². The highest BCUT2D eigenvalue weighted by atomic mass is 14.9. The van der Waals surface area contributed by atoms with Crippen molar-refractivity contribution in [2.75, 3.05) is 6.54 Å². The smallest absolute Gasteiger partial charge is 0.0542 e. The van der Waals surface area contributed by atoms with Crippen LogP contribution in [-0.4, -0.2) is 11.5 Å². The van der Waals surface area contributed by atoms with Gasteiger partial charge in [0.1, 0.15) is 0 Å². The van der Waals surface area contributed by atoms with Crippen LogP contribution < -0.4 is 11.1 Å². The van der Waals surface area contributed by atoms with Crippen molar-refractivity contribution >= 4 is 0 Å². The third kappa shape index (κ3) is 3.05. The Morgan fingerprint density at radius 3 is 2.88 bits per heavy atom. The van der Waals surface area contributed by atoms with Crippen LogP contribution in [0.2, 0.25) is 0 Å². The van der Waals surface area contributed by atoms with Crippen LogP contribution in [0.4, 0.5) is 0 Å². The largest absolute Gasteiger partial charge is 0.325 e. The van der Waals surface area contributed by atoms with Crippen molar-refractivity contribution in [3.05, 3.63) is 29.6 Å². The molecular formula is C14H23N3. The molecule has 0 amide bonds. The summed E-state index contributed by atoms with van der Waals surface area (Å²) in [7, 11) is 0. The van der Waals surface area contributed by atoms with Crippen molar-refractivity contribution in [2.45, 2.75) is 45.7 Å². The van der Waals surface area contributed by atoms with Crippen molar-refractivity contribution < 1.29 is 0 Å². The van der Waals surface area contributed by atoms with E-state index in [1.54, 1.807) is 0 Å². The fourth-order valence-electron chi connectivity index (χ4n) is 2.55. The van der Waals surface area contributed by atoms with Crippen LogP contribution in [0.25, 0.3) is 0 Å². The minimum absolute atomic E-state index is 0.521. The molecule has 94 valence electrons. The second-order valence-corrected chi connectivity index (χ2v) is 5.17. The zero-order valence-electron chi connectivity index (χ0n) is 10.7.